The van der Waals surface area contributed by atoms with Gasteiger partial charge < -0.3 is 25.0 Å². The predicted molar refractivity (Wildman–Crippen MR) is 146 cm³/mol. The number of carbonyl (C=O) groups excluding carboxylic acids is 1. The van der Waals surface area contributed by atoms with Crippen LogP contribution < -0.4 is 19.9 Å². The summed E-state index contributed by atoms with van der Waals surface area (Å²) < 4.78 is 48.5. The average Bonchev–Trinajstić information content (AvgIpc) is 3.52. The van der Waals surface area contributed by atoms with Gasteiger partial charge in [-0.1, -0.05) is 11.6 Å². The van der Waals surface area contributed by atoms with Crippen molar-refractivity contribution in [2.75, 3.05) is 49.1 Å². The number of nitrogens with zero attached hydrogens (tertiary/aromatic N) is 5. The number of hydrogen-bond donors (Lipinski definition) is 2. The summed E-state index contributed by atoms with van der Waals surface area (Å²) in [5.41, 5.74) is -1.07. The molecular formula is C28H32ClF3N6O3. The monoisotopic (exact) mass is 592 g/mol. The molecular weight excluding hydrogens is 561 g/mol. The van der Waals surface area contributed by atoms with Crippen molar-refractivity contribution in [2.45, 2.75) is 68.7 Å². The Morgan fingerprint density at radius 3 is 2.59 bits per heavy atom. The molecule has 1 aromatic heterocycles. The highest BCUT2D eigenvalue weighted by atomic mass is 35.5. The summed E-state index contributed by atoms with van der Waals surface area (Å²) in [5, 5.41) is 13.0. The third-order valence-electron chi connectivity index (χ3n) is 9.53. The SMILES string of the molecule is O=C1c2nc(OCC34CCCN3CCC4)nc(N3CC4CCC3CN4)c2CCN1c1cc(O)cc(Cl)c1C(F)(F)F. The number of benzene rings is 1. The van der Waals surface area contributed by atoms with Crippen LogP contribution in [0.1, 0.15) is 60.1 Å². The van der Waals surface area contributed by atoms with E-state index in [1.54, 1.807) is 0 Å². The molecule has 9 nitrogen and oxygen atoms in total. The molecule has 2 N–H and O–H groups in total. The van der Waals surface area contributed by atoms with E-state index in [0.29, 0.717) is 24.0 Å². The molecule has 6 aliphatic heterocycles. The minimum Gasteiger partial charge on any atom is -0.508 e. The highest BCUT2D eigenvalue weighted by Gasteiger charge is 2.46. The van der Waals surface area contributed by atoms with Crippen molar-refractivity contribution in [1.82, 2.24) is 20.2 Å². The van der Waals surface area contributed by atoms with Crippen LogP contribution in [0.5, 0.6) is 11.8 Å². The second-order valence-electron chi connectivity index (χ2n) is 11.9. The Labute approximate surface area is 240 Å². The molecule has 5 saturated heterocycles. The van der Waals surface area contributed by atoms with E-state index < -0.39 is 34.1 Å². The fourth-order valence-corrected chi connectivity index (χ4v) is 7.86. The fraction of sp³-hybridized carbons (Fsp3) is 0.607. The Bertz CT molecular complexity index is 1370. The summed E-state index contributed by atoms with van der Waals surface area (Å²) in [6.07, 6.45) is 1.72. The van der Waals surface area contributed by atoms with Crippen LogP contribution in [0.15, 0.2) is 12.1 Å². The molecule has 1 amide bonds. The fourth-order valence-electron chi connectivity index (χ4n) is 7.54. The second-order valence-corrected chi connectivity index (χ2v) is 12.3. The summed E-state index contributed by atoms with van der Waals surface area (Å²) in [4.78, 5) is 29.0. The molecule has 0 aliphatic carbocycles. The largest absolute Gasteiger partial charge is 0.508 e. The van der Waals surface area contributed by atoms with E-state index in [2.05, 4.69) is 20.1 Å². The minimum absolute atomic E-state index is 0.0328. The number of anilines is 2. The molecule has 5 fully saturated rings. The van der Waals surface area contributed by atoms with Gasteiger partial charge in [0, 0.05) is 43.3 Å². The number of fused-ring (bicyclic) bond motifs is 5. The molecule has 2 aromatic rings. The Hall–Kier alpha value is -2.83. The van der Waals surface area contributed by atoms with Gasteiger partial charge in [-0.15, -0.1) is 0 Å². The Kier molecular flexibility index (Phi) is 6.51. The average molecular weight is 593 g/mol. The van der Waals surface area contributed by atoms with E-state index in [1.165, 1.54) is 0 Å². The van der Waals surface area contributed by atoms with Crippen LogP contribution in [0.25, 0.3) is 0 Å². The molecule has 7 heterocycles. The summed E-state index contributed by atoms with van der Waals surface area (Å²) in [5.74, 6) is -0.530. The lowest BCUT2D eigenvalue weighted by atomic mass is 9.92. The van der Waals surface area contributed by atoms with Crippen LogP contribution in [0, 0.1) is 0 Å². The van der Waals surface area contributed by atoms with Crippen LogP contribution in [0.4, 0.5) is 24.7 Å². The van der Waals surface area contributed by atoms with Crippen LogP contribution in [-0.2, 0) is 12.6 Å². The maximum Gasteiger partial charge on any atom is 0.419 e. The van der Waals surface area contributed by atoms with Crippen LogP contribution in [0.3, 0.4) is 0 Å². The Morgan fingerprint density at radius 1 is 1.15 bits per heavy atom. The van der Waals surface area contributed by atoms with Gasteiger partial charge in [-0.3, -0.25) is 9.69 Å². The highest BCUT2D eigenvalue weighted by molar-refractivity contribution is 6.32. The molecule has 1 aromatic carbocycles. The lowest BCUT2D eigenvalue weighted by Crippen LogP contribution is -2.61. The summed E-state index contributed by atoms with van der Waals surface area (Å²) in [6.45, 7) is 3.95. The molecule has 2 atom stereocenters. The predicted octanol–water partition coefficient (Wildman–Crippen LogP) is 4.01. The number of rotatable bonds is 5. The molecule has 13 heteroatoms. The maximum atomic E-state index is 14.1. The van der Waals surface area contributed by atoms with Crippen LogP contribution in [-0.4, -0.2) is 82.8 Å². The number of ether oxygens (including phenoxy) is 1. The van der Waals surface area contributed by atoms with E-state index in [-0.39, 0.29) is 36.3 Å². The first-order valence-electron chi connectivity index (χ1n) is 14.3. The molecule has 2 unspecified atom stereocenters. The standard InChI is InChI=1S/C28H32ClF3N6O3/c29-20-11-18(39)12-21(22(20)28(30,31)32)37-10-5-19-23(25(37)40)34-26(41-15-27-6-1-8-36(27)9-2-7-27)35-24(19)38-14-16-3-4-17(38)13-33-16/h11-12,16-17,33,39H,1-10,13-15H2. The van der Waals surface area contributed by atoms with E-state index >= 15 is 0 Å². The number of aromatic hydroxyl groups is 1. The van der Waals surface area contributed by atoms with Gasteiger partial charge in [0.15, 0.2) is 0 Å². The number of alkyl halides is 3. The molecule has 41 heavy (non-hydrogen) atoms. The van der Waals surface area contributed by atoms with Gasteiger partial charge >= 0.3 is 12.2 Å². The Morgan fingerprint density at radius 2 is 1.93 bits per heavy atom. The zero-order valence-electron chi connectivity index (χ0n) is 22.5. The number of carbonyl (C=O) groups is 1. The number of halogens is 4. The third-order valence-corrected chi connectivity index (χ3v) is 9.83. The summed E-state index contributed by atoms with van der Waals surface area (Å²) >= 11 is 5.94. The van der Waals surface area contributed by atoms with Crippen molar-refractivity contribution in [3.8, 4) is 11.8 Å². The molecule has 220 valence electrons. The first-order chi connectivity index (χ1) is 19.6. The number of piperazine rings is 1. The van der Waals surface area contributed by atoms with Crippen molar-refractivity contribution in [3.63, 3.8) is 0 Å². The first kappa shape index (κ1) is 27.0. The molecule has 0 spiro atoms. The lowest BCUT2D eigenvalue weighted by Gasteiger charge is -2.47. The van der Waals surface area contributed by atoms with Gasteiger partial charge in [-0.05, 0) is 64.1 Å². The molecule has 0 saturated carbocycles. The van der Waals surface area contributed by atoms with Gasteiger partial charge in [0.05, 0.1) is 21.8 Å². The lowest BCUT2D eigenvalue weighted by molar-refractivity contribution is -0.137. The van der Waals surface area contributed by atoms with Gasteiger partial charge in [0.2, 0.25) is 0 Å². The van der Waals surface area contributed by atoms with Crippen LogP contribution >= 0.6 is 11.6 Å². The summed E-state index contributed by atoms with van der Waals surface area (Å²) in [7, 11) is 0. The van der Waals surface area contributed by atoms with Crippen molar-refractivity contribution in [1.29, 1.82) is 0 Å². The van der Waals surface area contributed by atoms with Crippen molar-refractivity contribution >= 4 is 29.0 Å². The topological polar surface area (TPSA) is 94.1 Å². The molecule has 0 radical (unpaired) electrons. The number of aromatic nitrogens is 2. The quantitative estimate of drug-likeness (QED) is 0.538. The molecule has 2 bridgehead atoms. The van der Waals surface area contributed by atoms with Crippen LogP contribution in [0.2, 0.25) is 5.02 Å². The second kappa shape index (κ2) is 9.88. The van der Waals surface area contributed by atoms with Crippen molar-refractivity contribution < 1.29 is 27.8 Å². The molecule has 8 rings (SSSR count). The Balaban J connectivity index is 1.28. The number of phenols is 1. The number of piperidine rings is 2. The zero-order valence-corrected chi connectivity index (χ0v) is 23.3. The maximum absolute atomic E-state index is 14.1. The number of nitrogens with one attached hydrogen (secondary N) is 1. The zero-order chi connectivity index (χ0) is 28.5. The first-order valence-corrected chi connectivity index (χ1v) is 14.7. The highest BCUT2D eigenvalue weighted by Crippen LogP contribution is 2.45. The minimum atomic E-state index is -4.83. The van der Waals surface area contributed by atoms with Gasteiger partial charge in [0.25, 0.3) is 5.91 Å². The van der Waals surface area contributed by atoms with Gasteiger partial charge in [0.1, 0.15) is 23.9 Å². The summed E-state index contributed by atoms with van der Waals surface area (Å²) in [6, 6.07) is 2.33. The normalized spacial score (nSPS) is 25.5. The number of amides is 1. The van der Waals surface area contributed by atoms with Crippen molar-refractivity contribution in [3.05, 3.63) is 34.0 Å². The van der Waals surface area contributed by atoms with E-state index in [1.807, 2.05) is 0 Å². The number of hydrogen-bond acceptors (Lipinski definition) is 8. The van der Waals surface area contributed by atoms with Gasteiger partial charge in [-0.2, -0.15) is 23.1 Å². The van der Waals surface area contributed by atoms with E-state index in [9.17, 15) is 23.1 Å². The van der Waals surface area contributed by atoms with E-state index in [4.69, 9.17) is 21.3 Å². The van der Waals surface area contributed by atoms with Gasteiger partial charge in [-0.25, -0.2) is 0 Å². The third kappa shape index (κ3) is 4.58. The smallest absolute Gasteiger partial charge is 0.419 e. The molecule has 6 aliphatic rings. The van der Waals surface area contributed by atoms with E-state index in [0.717, 1.165) is 81.7 Å². The number of phenolic OH excluding ortho intramolecular Hbond substituents is 1. The van der Waals surface area contributed by atoms with Crippen molar-refractivity contribution in [2.24, 2.45) is 0 Å².